The van der Waals surface area contributed by atoms with E-state index in [1.54, 1.807) is 0 Å². The van der Waals surface area contributed by atoms with Gasteiger partial charge < -0.3 is 15.1 Å². The largest absolute Gasteiger partial charge is 0.340 e. The van der Waals surface area contributed by atoms with Crippen molar-refractivity contribution in [1.82, 2.24) is 15.1 Å². The molecule has 1 heterocycles. The SMILES string of the molecule is CCNC1CCCN(CCN(CC)CC)C1=O. The first-order valence-corrected chi connectivity index (χ1v) is 6.97. The van der Waals surface area contributed by atoms with Crippen molar-refractivity contribution in [2.75, 3.05) is 39.3 Å². The van der Waals surface area contributed by atoms with Gasteiger partial charge in [0.1, 0.15) is 0 Å². The van der Waals surface area contributed by atoms with Gasteiger partial charge in [0.25, 0.3) is 0 Å². The van der Waals surface area contributed by atoms with Crippen molar-refractivity contribution in [2.45, 2.75) is 39.7 Å². The zero-order chi connectivity index (χ0) is 12.7. The maximum absolute atomic E-state index is 12.1. The molecular formula is C13H27N3O. The lowest BCUT2D eigenvalue weighted by Gasteiger charge is -2.34. The number of likely N-dealkylation sites (N-methyl/N-ethyl adjacent to an activating group) is 2. The van der Waals surface area contributed by atoms with Gasteiger partial charge in [0.2, 0.25) is 5.91 Å². The Morgan fingerprint density at radius 1 is 1.35 bits per heavy atom. The lowest BCUT2D eigenvalue weighted by atomic mass is 10.0. The zero-order valence-electron chi connectivity index (χ0n) is 11.5. The molecular weight excluding hydrogens is 214 g/mol. The minimum Gasteiger partial charge on any atom is -0.340 e. The fourth-order valence-corrected chi connectivity index (χ4v) is 2.40. The van der Waals surface area contributed by atoms with E-state index in [1.807, 2.05) is 4.90 Å². The van der Waals surface area contributed by atoms with Crippen LogP contribution in [0.3, 0.4) is 0 Å². The summed E-state index contributed by atoms with van der Waals surface area (Å²) in [5.74, 6) is 0.297. The number of carbonyl (C=O) groups excluding carboxylic acids is 1. The molecule has 1 atom stereocenters. The number of amides is 1. The van der Waals surface area contributed by atoms with Crippen LogP contribution in [-0.4, -0.2) is 61.0 Å². The van der Waals surface area contributed by atoms with E-state index in [9.17, 15) is 4.79 Å². The lowest BCUT2D eigenvalue weighted by Crippen LogP contribution is -2.52. The quantitative estimate of drug-likeness (QED) is 0.720. The molecule has 100 valence electrons. The first-order valence-electron chi connectivity index (χ1n) is 6.97. The Bertz CT molecular complexity index is 227. The van der Waals surface area contributed by atoms with E-state index in [4.69, 9.17) is 0 Å². The highest BCUT2D eigenvalue weighted by Gasteiger charge is 2.27. The summed E-state index contributed by atoms with van der Waals surface area (Å²) < 4.78 is 0. The Morgan fingerprint density at radius 3 is 2.65 bits per heavy atom. The highest BCUT2D eigenvalue weighted by molar-refractivity contribution is 5.82. The molecule has 0 aromatic heterocycles. The van der Waals surface area contributed by atoms with Gasteiger partial charge in [-0.05, 0) is 32.5 Å². The van der Waals surface area contributed by atoms with E-state index in [1.165, 1.54) is 0 Å². The Kier molecular flexibility index (Phi) is 6.52. The lowest BCUT2D eigenvalue weighted by molar-refractivity contribution is -0.136. The summed E-state index contributed by atoms with van der Waals surface area (Å²) >= 11 is 0. The minimum absolute atomic E-state index is 0.0606. The third kappa shape index (κ3) is 4.28. The number of nitrogens with zero attached hydrogens (tertiary/aromatic N) is 2. The number of nitrogens with one attached hydrogen (secondary N) is 1. The van der Waals surface area contributed by atoms with Crippen molar-refractivity contribution in [3.8, 4) is 0 Å². The zero-order valence-corrected chi connectivity index (χ0v) is 11.5. The first kappa shape index (κ1) is 14.5. The minimum atomic E-state index is 0.0606. The molecule has 4 nitrogen and oxygen atoms in total. The molecule has 0 aliphatic carbocycles. The van der Waals surface area contributed by atoms with Crippen LogP contribution in [0.15, 0.2) is 0 Å². The van der Waals surface area contributed by atoms with Crippen LogP contribution in [0.2, 0.25) is 0 Å². The van der Waals surface area contributed by atoms with Gasteiger partial charge in [-0.3, -0.25) is 4.79 Å². The van der Waals surface area contributed by atoms with E-state index < -0.39 is 0 Å². The summed E-state index contributed by atoms with van der Waals surface area (Å²) in [5.41, 5.74) is 0. The van der Waals surface area contributed by atoms with E-state index >= 15 is 0 Å². The number of hydrogen-bond acceptors (Lipinski definition) is 3. The van der Waals surface area contributed by atoms with E-state index in [0.29, 0.717) is 5.91 Å². The standard InChI is InChI=1S/C13H27N3O/c1-4-14-12-8-7-9-16(13(12)17)11-10-15(5-2)6-3/h12,14H,4-11H2,1-3H3. The van der Waals surface area contributed by atoms with Crippen LogP contribution in [0.4, 0.5) is 0 Å². The van der Waals surface area contributed by atoms with E-state index in [2.05, 4.69) is 31.0 Å². The molecule has 0 aromatic carbocycles. The van der Waals surface area contributed by atoms with Gasteiger partial charge in [0, 0.05) is 19.6 Å². The molecule has 0 spiro atoms. The Balaban J connectivity index is 2.39. The molecule has 1 amide bonds. The van der Waals surface area contributed by atoms with Crippen LogP contribution in [-0.2, 0) is 4.79 Å². The maximum Gasteiger partial charge on any atom is 0.239 e. The van der Waals surface area contributed by atoms with Crippen LogP contribution in [0, 0.1) is 0 Å². The smallest absolute Gasteiger partial charge is 0.239 e. The van der Waals surface area contributed by atoms with Gasteiger partial charge in [-0.1, -0.05) is 20.8 Å². The molecule has 1 N–H and O–H groups in total. The van der Waals surface area contributed by atoms with Crippen molar-refractivity contribution in [2.24, 2.45) is 0 Å². The molecule has 0 saturated carbocycles. The topological polar surface area (TPSA) is 35.6 Å². The third-order valence-corrected chi connectivity index (χ3v) is 3.56. The monoisotopic (exact) mass is 241 g/mol. The number of piperidine rings is 1. The van der Waals surface area contributed by atoms with Gasteiger partial charge in [0.05, 0.1) is 6.04 Å². The Hall–Kier alpha value is -0.610. The van der Waals surface area contributed by atoms with Crippen molar-refractivity contribution in [3.63, 3.8) is 0 Å². The molecule has 0 radical (unpaired) electrons. The van der Waals surface area contributed by atoms with Crippen molar-refractivity contribution >= 4 is 5.91 Å². The predicted octanol–water partition coefficient (Wildman–Crippen LogP) is 0.929. The van der Waals surface area contributed by atoms with Crippen molar-refractivity contribution in [3.05, 3.63) is 0 Å². The average Bonchev–Trinajstić information content (AvgIpc) is 2.35. The molecule has 1 saturated heterocycles. The van der Waals surface area contributed by atoms with Crippen LogP contribution in [0.5, 0.6) is 0 Å². The second-order valence-electron chi connectivity index (χ2n) is 4.60. The van der Waals surface area contributed by atoms with Crippen molar-refractivity contribution in [1.29, 1.82) is 0 Å². The summed E-state index contributed by atoms with van der Waals surface area (Å²) in [7, 11) is 0. The summed E-state index contributed by atoms with van der Waals surface area (Å²) in [5, 5.41) is 3.28. The summed E-state index contributed by atoms with van der Waals surface area (Å²) in [4.78, 5) is 16.5. The summed E-state index contributed by atoms with van der Waals surface area (Å²) in [6.45, 7) is 12.2. The second-order valence-corrected chi connectivity index (χ2v) is 4.60. The molecule has 17 heavy (non-hydrogen) atoms. The van der Waals surface area contributed by atoms with Gasteiger partial charge in [-0.2, -0.15) is 0 Å². The Labute approximate surface area is 105 Å². The molecule has 1 rings (SSSR count). The Morgan fingerprint density at radius 2 is 2.06 bits per heavy atom. The van der Waals surface area contributed by atoms with E-state index in [0.717, 1.165) is 52.1 Å². The molecule has 1 aliphatic heterocycles. The first-order chi connectivity index (χ1) is 8.22. The predicted molar refractivity (Wildman–Crippen MR) is 71.1 cm³/mol. The number of carbonyl (C=O) groups is 1. The average molecular weight is 241 g/mol. The molecule has 1 unspecified atom stereocenters. The highest BCUT2D eigenvalue weighted by atomic mass is 16.2. The van der Waals surface area contributed by atoms with Gasteiger partial charge >= 0.3 is 0 Å². The third-order valence-electron chi connectivity index (χ3n) is 3.56. The summed E-state index contributed by atoms with van der Waals surface area (Å²) in [6, 6.07) is 0.0606. The second kappa shape index (κ2) is 7.67. The van der Waals surface area contributed by atoms with Crippen LogP contribution in [0.25, 0.3) is 0 Å². The van der Waals surface area contributed by atoms with Gasteiger partial charge in [0.15, 0.2) is 0 Å². The normalized spacial score (nSPS) is 21.3. The number of rotatable bonds is 7. The molecule has 0 aromatic rings. The van der Waals surface area contributed by atoms with Crippen LogP contribution < -0.4 is 5.32 Å². The molecule has 1 fully saturated rings. The van der Waals surface area contributed by atoms with Gasteiger partial charge in [-0.15, -0.1) is 0 Å². The fraction of sp³-hybridized carbons (Fsp3) is 0.923. The van der Waals surface area contributed by atoms with Crippen molar-refractivity contribution < 1.29 is 4.79 Å². The van der Waals surface area contributed by atoms with Crippen LogP contribution in [0.1, 0.15) is 33.6 Å². The number of hydrogen-bond donors (Lipinski definition) is 1. The van der Waals surface area contributed by atoms with Crippen LogP contribution >= 0.6 is 0 Å². The highest BCUT2D eigenvalue weighted by Crippen LogP contribution is 2.11. The summed E-state index contributed by atoms with van der Waals surface area (Å²) in [6.07, 6.45) is 2.12. The van der Waals surface area contributed by atoms with E-state index in [-0.39, 0.29) is 6.04 Å². The molecule has 0 bridgehead atoms. The number of likely N-dealkylation sites (tertiary alicyclic amines) is 1. The molecule has 1 aliphatic rings. The fourth-order valence-electron chi connectivity index (χ4n) is 2.40. The van der Waals surface area contributed by atoms with Gasteiger partial charge in [-0.25, -0.2) is 0 Å². The molecule has 4 heteroatoms. The maximum atomic E-state index is 12.1.